The first kappa shape index (κ1) is 27.7. The molecule has 4 aromatic rings. The summed E-state index contributed by atoms with van der Waals surface area (Å²) in [4.78, 5) is 28.6. The van der Waals surface area contributed by atoms with Gasteiger partial charge in [0.1, 0.15) is 11.2 Å². The smallest absolute Gasteiger partial charge is 0.318 e. The maximum Gasteiger partial charge on any atom is 0.318 e. The van der Waals surface area contributed by atoms with Crippen LogP contribution in [-0.4, -0.2) is 23.4 Å². The molecule has 40 heavy (non-hydrogen) atoms. The highest BCUT2D eigenvalue weighted by Gasteiger charge is 2.57. The summed E-state index contributed by atoms with van der Waals surface area (Å²) >= 11 is 11.7. The van der Waals surface area contributed by atoms with Crippen molar-refractivity contribution in [3.63, 3.8) is 0 Å². The molecule has 0 aliphatic carbocycles. The average molecular weight is 576 g/mol. The van der Waals surface area contributed by atoms with E-state index in [0.29, 0.717) is 42.2 Å². The number of benzene rings is 4. The van der Waals surface area contributed by atoms with Crippen LogP contribution in [0.5, 0.6) is 0 Å². The Bertz CT molecular complexity index is 1500. The number of nitrogens with one attached hydrogen (secondary N) is 2. The van der Waals surface area contributed by atoms with Gasteiger partial charge in [0, 0.05) is 28.8 Å². The summed E-state index contributed by atoms with van der Waals surface area (Å²) < 4.78 is 14.3. The molecule has 5 nitrogen and oxygen atoms in total. The number of fused-ring (bicyclic) bond motifs is 2. The molecule has 3 amide bonds. The lowest BCUT2D eigenvalue weighted by molar-refractivity contribution is -0.124. The van der Waals surface area contributed by atoms with Gasteiger partial charge in [-0.25, -0.2) is 9.18 Å². The summed E-state index contributed by atoms with van der Waals surface area (Å²) in [6, 6.07) is 29.6. The molecule has 8 heteroatoms. The molecule has 1 saturated heterocycles. The van der Waals surface area contributed by atoms with Gasteiger partial charge in [0.2, 0.25) is 5.91 Å². The molecule has 0 bridgehead atoms. The molecule has 1 fully saturated rings. The Kier molecular flexibility index (Phi) is 8.38. The zero-order chi connectivity index (χ0) is 28.1. The number of carbonyl (C=O) groups is 2. The van der Waals surface area contributed by atoms with Crippen LogP contribution < -0.4 is 10.6 Å². The minimum atomic E-state index is -1.03. The Hall–Kier alpha value is -3.87. The summed E-state index contributed by atoms with van der Waals surface area (Å²) in [5.74, 6) is -0.609. The maximum atomic E-state index is 14.3. The predicted molar refractivity (Wildman–Crippen MR) is 157 cm³/mol. The van der Waals surface area contributed by atoms with Crippen LogP contribution in [0.3, 0.4) is 0 Å². The van der Waals surface area contributed by atoms with Gasteiger partial charge in [0.25, 0.3) is 0 Å². The molecule has 2 heterocycles. The van der Waals surface area contributed by atoms with Crippen molar-refractivity contribution in [3.8, 4) is 0 Å². The van der Waals surface area contributed by atoms with Gasteiger partial charge in [-0.1, -0.05) is 89.9 Å². The van der Waals surface area contributed by atoms with Crippen molar-refractivity contribution in [2.24, 2.45) is 0 Å². The number of hydrogen-bond acceptors (Lipinski definition) is 2. The Morgan fingerprint density at radius 1 is 0.925 bits per heavy atom. The molecule has 6 rings (SSSR count). The molecule has 4 aromatic carbocycles. The monoisotopic (exact) mass is 575 g/mol. The van der Waals surface area contributed by atoms with Gasteiger partial charge in [0.05, 0.1) is 6.04 Å². The number of rotatable bonds is 3. The number of carbonyl (C=O) groups excluding carboxylic acids is 2. The first-order chi connectivity index (χ1) is 19.4. The van der Waals surface area contributed by atoms with Gasteiger partial charge >= 0.3 is 6.03 Å². The lowest BCUT2D eigenvalue weighted by atomic mass is 9.67. The van der Waals surface area contributed by atoms with E-state index in [1.807, 2.05) is 66.7 Å². The van der Waals surface area contributed by atoms with E-state index in [0.717, 1.165) is 16.1 Å². The SMILES string of the molecule is Clc1ccccc1.O=C(NCc1ccccc1)N1CCC[C@]2(C(=O)Nc3cc(Cl)ccc32)[C@H]1c1cccc(F)c1. The number of anilines is 1. The summed E-state index contributed by atoms with van der Waals surface area (Å²) in [5, 5.41) is 7.24. The highest BCUT2D eigenvalue weighted by Crippen LogP contribution is 2.54. The zero-order valence-electron chi connectivity index (χ0n) is 21.6. The van der Waals surface area contributed by atoms with Crippen molar-refractivity contribution in [2.45, 2.75) is 30.8 Å². The van der Waals surface area contributed by atoms with Gasteiger partial charge in [-0.3, -0.25) is 4.79 Å². The van der Waals surface area contributed by atoms with Crippen molar-refractivity contribution in [2.75, 3.05) is 11.9 Å². The molecule has 0 unspecified atom stereocenters. The van der Waals surface area contributed by atoms with Crippen LogP contribution in [-0.2, 0) is 16.8 Å². The van der Waals surface area contributed by atoms with Gasteiger partial charge in [-0.05, 0) is 65.9 Å². The summed E-state index contributed by atoms with van der Waals surface area (Å²) in [5.41, 5.74) is 1.95. The van der Waals surface area contributed by atoms with E-state index in [9.17, 15) is 14.0 Å². The van der Waals surface area contributed by atoms with E-state index < -0.39 is 17.3 Å². The molecule has 0 aromatic heterocycles. The molecule has 0 radical (unpaired) electrons. The summed E-state index contributed by atoms with van der Waals surface area (Å²) in [6.07, 6.45) is 1.18. The van der Waals surface area contributed by atoms with Crippen LogP contribution in [0.1, 0.15) is 35.6 Å². The second-order valence-electron chi connectivity index (χ2n) is 9.81. The van der Waals surface area contributed by atoms with Gasteiger partial charge in [-0.2, -0.15) is 0 Å². The molecule has 1 spiro atoms. The van der Waals surface area contributed by atoms with E-state index in [2.05, 4.69) is 10.6 Å². The second kappa shape index (κ2) is 12.1. The second-order valence-corrected chi connectivity index (χ2v) is 10.7. The van der Waals surface area contributed by atoms with E-state index in [1.54, 1.807) is 29.2 Å². The molecule has 0 saturated carbocycles. The highest BCUT2D eigenvalue weighted by molar-refractivity contribution is 6.31. The molecule has 2 aliphatic heterocycles. The number of amides is 3. The van der Waals surface area contributed by atoms with Crippen molar-refractivity contribution < 1.29 is 14.0 Å². The number of hydrogen-bond donors (Lipinski definition) is 2. The summed E-state index contributed by atoms with van der Waals surface area (Å²) in [6.45, 7) is 0.817. The average Bonchev–Trinajstić information content (AvgIpc) is 3.22. The van der Waals surface area contributed by atoms with E-state index in [1.165, 1.54) is 12.1 Å². The van der Waals surface area contributed by atoms with Crippen LogP contribution in [0.2, 0.25) is 10.0 Å². The third-order valence-corrected chi connectivity index (χ3v) is 7.80. The zero-order valence-corrected chi connectivity index (χ0v) is 23.1. The quantitative estimate of drug-likeness (QED) is 0.262. The lowest BCUT2D eigenvalue weighted by Gasteiger charge is -2.47. The Morgan fingerprint density at radius 3 is 2.33 bits per heavy atom. The third kappa shape index (κ3) is 5.69. The van der Waals surface area contributed by atoms with Gasteiger partial charge < -0.3 is 15.5 Å². The number of halogens is 3. The van der Waals surface area contributed by atoms with Crippen molar-refractivity contribution in [1.82, 2.24) is 10.2 Å². The molecule has 204 valence electrons. The van der Waals surface area contributed by atoms with Gasteiger partial charge in [-0.15, -0.1) is 0 Å². The summed E-state index contributed by atoms with van der Waals surface area (Å²) in [7, 11) is 0. The number of nitrogens with zero attached hydrogens (tertiary/aromatic N) is 1. The first-order valence-corrected chi connectivity index (χ1v) is 13.8. The standard InChI is InChI=1S/C26H23ClFN3O2.C6H5Cl/c27-19-10-11-21-22(15-19)30-24(32)26(21)12-5-13-31(23(26)18-8-4-9-20(28)14-18)25(33)29-16-17-6-2-1-3-7-17;7-6-4-2-1-3-5-6/h1-4,6-11,14-15,23H,5,12-13,16H2,(H,29,33)(H,30,32);1-5H/t23-,26-;/m1./s1. The Labute approximate surface area is 242 Å². The molecular formula is C32H28Cl2FN3O2. The minimum absolute atomic E-state index is 0.199. The minimum Gasteiger partial charge on any atom is -0.334 e. The van der Waals surface area contributed by atoms with Crippen molar-refractivity contribution >= 4 is 40.8 Å². The van der Waals surface area contributed by atoms with Crippen LogP contribution in [0.25, 0.3) is 0 Å². The van der Waals surface area contributed by atoms with Crippen LogP contribution >= 0.6 is 23.2 Å². The number of urea groups is 1. The molecular weight excluding hydrogens is 548 g/mol. The van der Waals surface area contributed by atoms with E-state index in [4.69, 9.17) is 23.2 Å². The van der Waals surface area contributed by atoms with Crippen LogP contribution in [0, 0.1) is 5.82 Å². The predicted octanol–water partition coefficient (Wildman–Crippen LogP) is 7.76. The molecule has 2 N–H and O–H groups in total. The third-order valence-electron chi connectivity index (χ3n) is 7.31. The molecule has 2 aliphatic rings. The number of likely N-dealkylation sites (tertiary alicyclic amines) is 1. The van der Waals surface area contributed by atoms with Crippen molar-refractivity contribution in [3.05, 3.63) is 136 Å². The Balaban J connectivity index is 0.000000403. The fourth-order valence-corrected chi connectivity index (χ4v) is 5.91. The van der Waals surface area contributed by atoms with Crippen LogP contribution in [0.4, 0.5) is 14.9 Å². The van der Waals surface area contributed by atoms with Crippen molar-refractivity contribution in [1.29, 1.82) is 0 Å². The van der Waals surface area contributed by atoms with Gasteiger partial charge in [0.15, 0.2) is 0 Å². The Morgan fingerprint density at radius 2 is 1.65 bits per heavy atom. The number of piperidine rings is 1. The highest BCUT2D eigenvalue weighted by atomic mass is 35.5. The first-order valence-electron chi connectivity index (χ1n) is 13.0. The maximum absolute atomic E-state index is 14.3. The normalized spacial score (nSPS) is 19.3. The van der Waals surface area contributed by atoms with E-state index in [-0.39, 0.29) is 11.9 Å². The molecule has 2 atom stereocenters. The van der Waals surface area contributed by atoms with E-state index >= 15 is 0 Å². The topological polar surface area (TPSA) is 61.4 Å². The largest absolute Gasteiger partial charge is 0.334 e. The fraction of sp³-hybridized carbons (Fsp3) is 0.188. The van der Waals surface area contributed by atoms with Crippen LogP contribution in [0.15, 0.2) is 103 Å². The lowest BCUT2D eigenvalue weighted by Crippen LogP contribution is -2.56. The fourth-order valence-electron chi connectivity index (χ4n) is 5.59.